The molecule has 1 atom stereocenters. The SMILES string of the molecule is CC(C)c1ccc(C(O)c2ccc(C(C)(C)C)cc2)cc1. The second-order valence-electron chi connectivity index (χ2n) is 7.10. The minimum Gasteiger partial charge on any atom is -0.384 e. The molecule has 0 aliphatic heterocycles. The fourth-order valence-corrected chi connectivity index (χ4v) is 2.42. The number of aliphatic hydroxyl groups excluding tert-OH is 1. The summed E-state index contributed by atoms with van der Waals surface area (Å²) in [5.41, 5.74) is 4.62. The minimum absolute atomic E-state index is 0.141. The highest BCUT2D eigenvalue weighted by Gasteiger charge is 2.15. The number of hydrogen-bond donors (Lipinski definition) is 1. The van der Waals surface area contributed by atoms with Crippen LogP contribution in [0.1, 0.15) is 68.9 Å². The second kappa shape index (κ2) is 6.03. The van der Waals surface area contributed by atoms with E-state index in [4.69, 9.17) is 0 Å². The number of benzene rings is 2. The van der Waals surface area contributed by atoms with Crippen molar-refractivity contribution < 1.29 is 5.11 Å². The maximum Gasteiger partial charge on any atom is 0.104 e. The van der Waals surface area contributed by atoms with Crippen molar-refractivity contribution in [3.8, 4) is 0 Å². The van der Waals surface area contributed by atoms with Crippen LogP contribution in [0, 0.1) is 0 Å². The van der Waals surface area contributed by atoms with Gasteiger partial charge in [-0.2, -0.15) is 0 Å². The van der Waals surface area contributed by atoms with Crippen molar-refractivity contribution in [2.24, 2.45) is 0 Å². The predicted molar refractivity (Wildman–Crippen MR) is 89.7 cm³/mol. The maximum atomic E-state index is 10.5. The van der Waals surface area contributed by atoms with E-state index >= 15 is 0 Å². The Labute approximate surface area is 128 Å². The van der Waals surface area contributed by atoms with Crippen molar-refractivity contribution in [2.45, 2.75) is 52.1 Å². The van der Waals surface area contributed by atoms with Gasteiger partial charge in [-0.1, -0.05) is 83.1 Å². The first kappa shape index (κ1) is 15.8. The topological polar surface area (TPSA) is 20.2 Å². The third kappa shape index (κ3) is 3.74. The monoisotopic (exact) mass is 282 g/mol. The summed E-state index contributed by atoms with van der Waals surface area (Å²) in [5, 5.41) is 10.5. The minimum atomic E-state index is -0.555. The molecule has 2 rings (SSSR count). The molecule has 0 amide bonds. The zero-order valence-electron chi connectivity index (χ0n) is 13.7. The van der Waals surface area contributed by atoms with E-state index in [1.54, 1.807) is 0 Å². The quantitative estimate of drug-likeness (QED) is 0.821. The van der Waals surface area contributed by atoms with Gasteiger partial charge in [-0.3, -0.25) is 0 Å². The second-order valence-corrected chi connectivity index (χ2v) is 7.10. The van der Waals surface area contributed by atoms with Gasteiger partial charge in [0.1, 0.15) is 6.10 Å². The van der Waals surface area contributed by atoms with Gasteiger partial charge in [-0.15, -0.1) is 0 Å². The third-order valence-electron chi connectivity index (χ3n) is 4.01. The van der Waals surface area contributed by atoms with Crippen LogP contribution in [0.4, 0.5) is 0 Å². The molecule has 0 saturated carbocycles. The zero-order valence-corrected chi connectivity index (χ0v) is 13.7. The Morgan fingerprint density at radius 1 is 0.714 bits per heavy atom. The van der Waals surface area contributed by atoms with Crippen LogP contribution >= 0.6 is 0 Å². The highest BCUT2D eigenvalue weighted by atomic mass is 16.3. The van der Waals surface area contributed by atoms with Crippen LogP contribution in [0.15, 0.2) is 48.5 Å². The Morgan fingerprint density at radius 3 is 1.48 bits per heavy atom. The summed E-state index contributed by atoms with van der Waals surface area (Å²) in [5.74, 6) is 0.516. The van der Waals surface area contributed by atoms with E-state index in [0.29, 0.717) is 5.92 Å². The Morgan fingerprint density at radius 2 is 1.10 bits per heavy atom. The van der Waals surface area contributed by atoms with Crippen molar-refractivity contribution >= 4 is 0 Å². The van der Waals surface area contributed by atoms with Gasteiger partial charge in [-0.05, 0) is 33.6 Å². The Hall–Kier alpha value is -1.60. The average Bonchev–Trinajstić information content (AvgIpc) is 2.46. The lowest BCUT2D eigenvalue weighted by Gasteiger charge is -2.20. The summed E-state index contributed by atoms with van der Waals surface area (Å²) in [6.07, 6.45) is -0.555. The summed E-state index contributed by atoms with van der Waals surface area (Å²) >= 11 is 0. The molecule has 0 fully saturated rings. The Bertz CT molecular complexity index is 571. The average molecular weight is 282 g/mol. The predicted octanol–water partition coefficient (Wildman–Crippen LogP) is 5.19. The molecule has 0 radical (unpaired) electrons. The van der Waals surface area contributed by atoms with Crippen LogP contribution in [-0.2, 0) is 5.41 Å². The van der Waals surface area contributed by atoms with Crippen molar-refractivity contribution in [1.29, 1.82) is 0 Å². The molecule has 1 N–H and O–H groups in total. The molecule has 1 unspecified atom stereocenters. The molecule has 0 aliphatic carbocycles. The summed E-state index contributed by atoms with van der Waals surface area (Å²) in [7, 11) is 0. The van der Waals surface area contributed by atoms with E-state index in [9.17, 15) is 5.11 Å². The van der Waals surface area contributed by atoms with E-state index in [-0.39, 0.29) is 5.41 Å². The highest BCUT2D eigenvalue weighted by molar-refractivity contribution is 5.35. The normalized spacial score (nSPS) is 13.5. The van der Waals surface area contributed by atoms with Gasteiger partial charge in [0, 0.05) is 0 Å². The first-order chi connectivity index (χ1) is 9.79. The smallest absolute Gasteiger partial charge is 0.104 e. The van der Waals surface area contributed by atoms with Crippen LogP contribution < -0.4 is 0 Å². The fourth-order valence-electron chi connectivity index (χ4n) is 2.42. The van der Waals surface area contributed by atoms with Crippen LogP contribution in [0.2, 0.25) is 0 Å². The van der Waals surface area contributed by atoms with Crippen molar-refractivity contribution in [2.75, 3.05) is 0 Å². The molecule has 0 saturated heterocycles. The Kier molecular flexibility index (Phi) is 4.53. The van der Waals surface area contributed by atoms with Crippen LogP contribution in [-0.4, -0.2) is 5.11 Å². The lowest BCUT2D eigenvalue weighted by molar-refractivity contribution is 0.220. The molecule has 2 aromatic rings. The van der Waals surface area contributed by atoms with Gasteiger partial charge >= 0.3 is 0 Å². The number of rotatable bonds is 3. The molecule has 21 heavy (non-hydrogen) atoms. The molecule has 1 heteroatoms. The molecule has 0 aromatic heterocycles. The number of hydrogen-bond acceptors (Lipinski definition) is 1. The number of aliphatic hydroxyl groups is 1. The van der Waals surface area contributed by atoms with E-state index in [1.807, 2.05) is 24.3 Å². The molecule has 0 bridgehead atoms. The largest absolute Gasteiger partial charge is 0.384 e. The van der Waals surface area contributed by atoms with Gasteiger partial charge < -0.3 is 5.11 Å². The van der Waals surface area contributed by atoms with Crippen LogP contribution in [0.25, 0.3) is 0 Å². The van der Waals surface area contributed by atoms with Crippen molar-refractivity contribution in [3.05, 3.63) is 70.8 Å². The van der Waals surface area contributed by atoms with Crippen molar-refractivity contribution in [1.82, 2.24) is 0 Å². The summed E-state index contributed by atoms with van der Waals surface area (Å²) in [6, 6.07) is 16.5. The van der Waals surface area contributed by atoms with Gasteiger partial charge in [0.15, 0.2) is 0 Å². The molecular weight excluding hydrogens is 256 g/mol. The van der Waals surface area contributed by atoms with Gasteiger partial charge in [0.2, 0.25) is 0 Å². The van der Waals surface area contributed by atoms with E-state index < -0.39 is 6.10 Å². The van der Waals surface area contributed by atoms with Crippen molar-refractivity contribution in [3.63, 3.8) is 0 Å². The molecule has 112 valence electrons. The van der Waals surface area contributed by atoms with Gasteiger partial charge in [-0.25, -0.2) is 0 Å². The summed E-state index contributed by atoms with van der Waals surface area (Å²) in [6.45, 7) is 10.9. The van der Waals surface area contributed by atoms with E-state index in [0.717, 1.165) is 11.1 Å². The van der Waals surface area contributed by atoms with E-state index in [2.05, 4.69) is 58.9 Å². The third-order valence-corrected chi connectivity index (χ3v) is 4.01. The summed E-state index contributed by atoms with van der Waals surface area (Å²) < 4.78 is 0. The van der Waals surface area contributed by atoms with E-state index in [1.165, 1.54) is 11.1 Å². The maximum absolute atomic E-state index is 10.5. The first-order valence-electron chi connectivity index (χ1n) is 7.67. The zero-order chi connectivity index (χ0) is 15.6. The van der Waals surface area contributed by atoms with Crippen LogP contribution in [0.3, 0.4) is 0 Å². The summed E-state index contributed by atoms with van der Waals surface area (Å²) in [4.78, 5) is 0. The Balaban J connectivity index is 2.21. The van der Waals surface area contributed by atoms with Gasteiger partial charge in [0.05, 0.1) is 0 Å². The fraction of sp³-hybridized carbons (Fsp3) is 0.400. The lowest BCUT2D eigenvalue weighted by atomic mass is 9.86. The molecule has 0 aliphatic rings. The first-order valence-corrected chi connectivity index (χ1v) is 7.67. The highest BCUT2D eigenvalue weighted by Crippen LogP contribution is 2.27. The molecule has 0 spiro atoms. The lowest BCUT2D eigenvalue weighted by Crippen LogP contribution is -2.11. The van der Waals surface area contributed by atoms with Crippen LogP contribution in [0.5, 0.6) is 0 Å². The molecule has 1 nitrogen and oxygen atoms in total. The molecule has 2 aromatic carbocycles. The molecule has 0 heterocycles. The van der Waals surface area contributed by atoms with Gasteiger partial charge in [0.25, 0.3) is 0 Å². The molecular formula is C20H26O. The standard InChI is InChI=1S/C20H26O/c1-14(2)15-6-8-16(9-7-15)19(21)17-10-12-18(13-11-17)20(3,4)5/h6-14,19,21H,1-5H3.